The number of urea groups is 1. The molecule has 0 saturated carbocycles. The molecule has 1 N–H and O–H groups in total. The molecule has 3 rings (SSSR count). The maximum atomic E-state index is 13.4. The predicted octanol–water partition coefficient (Wildman–Crippen LogP) is 5.84. The number of benzene rings is 2. The van der Waals surface area contributed by atoms with E-state index in [4.69, 9.17) is 0 Å². The highest BCUT2D eigenvalue weighted by atomic mass is 32.1. The molecule has 0 atom stereocenters. The van der Waals surface area contributed by atoms with E-state index in [9.17, 15) is 9.59 Å². The molecule has 2 aromatic carbocycles. The quantitative estimate of drug-likeness (QED) is 0.470. The van der Waals surface area contributed by atoms with Crippen LogP contribution >= 0.6 is 11.3 Å². The van der Waals surface area contributed by atoms with Crippen LogP contribution in [0.2, 0.25) is 0 Å². The number of nitrogens with one attached hydrogen (secondary N) is 1. The second-order valence-electron chi connectivity index (χ2n) is 8.23. The summed E-state index contributed by atoms with van der Waals surface area (Å²) in [5.41, 5.74) is 3.98. The highest BCUT2D eigenvalue weighted by Gasteiger charge is 2.24. The van der Waals surface area contributed by atoms with Crippen LogP contribution in [0.3, 0.4) is 0 Å². The first-order valence-electron chi connectivity index (χ1n) is 10.8. The number of nitrogens with zero attached hydrogens (tertiary/aromatic N) is 2. The van der Waals surface area contributed by atoms with Gasteiger partial charge >= 0.3 is 6.03 Å². The molecule has 1 heterocycles. The van der Waals surface area contributed by atoms with E-state index in [2.05, 4.69) is 18.3 Å². The number of anilines is 1. The summed E-state index contributed by atoms with van der Waals surface area (Å²) in [5, 5.41) is 5.01. The van der Waals surface area contributed by atoms with Gasteiger partial charge in [0.25, 0.3) is 0 Å². The van der Waals surface area contributed by atoms with Gasteiger partial charge in [-0.05, 0) is 61.9 Å². The summed E-state index contributed by atoms with van der Waals surface area (Å²) in [5.74, 6) is -0.0738. The first kappa shape index (κ1) is 23.5. The Balaban J connectivity index is 1.77. The van der Waals surface area contributed by atoms with E-state index in [1.807, 2.05) is 85.6 Å². The van der Waals surface area contributed by atoms with Crippen molar-refractivity contribution in [2.24, 2.45) is 0 Å². The summed E-state index contributed by atoms with van der Waals surface area (Å²) in [6.45, 7) is 8.92. The molecule has 0 unspecified atom stereocenters. The molecule has 0 bridgehead atoms. The third-order valence-corrected chi connectivity index (χ3v) is 6.46. The van der Waals surface area contributed by atoms with Crippen molar-refractivity contribution in [3.05, 3.63) is 87.6 Å². The Kier molecular flexibility index (Phi) is 8.06. The van der Waals surface area contributed by atoms with Crippen LogP contribution in [0.4, 0.5) is 10.5 Å². The third kappa shape index (κ3) is 6.20. The standard InChI is InChI=1S/C26H31N3O2S/c1-19(2)29(26(31)27-23-13-9-8-10-20(23)3)18-25(30)28(16-22-11-6-5-7-12-22)17-24-21(4)14-15-32-24/h5-15,19H,16-18H2,1-4H3,(H,27,31). The Bertz CT molecular complexity index is 1050. The molecule has 0 fully saturated rings. The summed E-state index contributed by atoms with van der Waals surface area (Å²) in [7, 11) is 0. The Labute approximate surface area is 194 Å². The van der Waals surface area contributed by atoms with Crippen LogP contribution in [-0.4, -0.2) is 34.3 Å². The summed E-state index contributed by atoms with van der Waals surface area (Å²) < 4.78 is 0. The molecule has 5 nitrogen and oxygen atoms in total. The van der Waals surface area contributed by atoms with Gasteiger partial charge in [0.15, 0.2) is 0 Å². The first-order valence-corrected chi connectivity index (χ1v) is 11.7. The van der Waals surface area contributed by atoms with Crippen LogP contribution in [0.15, 0.2) is 66.0 Å². The van der Waals surface area contributed by atoms with Gasteiger partial charge in [0.05, 0.1) is 6.54 Å². The van der Waals surface area contributed by atoms with Crippen LogP contribution in [-0.2, 0) is 17.9 Å². The lowest BCUT2D eigenvalue weighted by molar-refractivity contribution is -0.133. The Morgan fingerprint density at radius 2 is 1.59 bits per heavy atom. The molecule has 3 amide bonds. The number of hydrogen-bond acceptors (Lipinski definition) is 3. The van der Waals surface area contributed by atoms with Crippen molar-refractivity contribution < 1.29 is 9.59 Å². The third-order valence-electron chi connectivity index (χ3n) is 5.45. The molecule has 0 aliphatic carbocycles. The number of hydrogen-bond donors (Lipinski definition) is 1. The number of aryl methyl sites for hydroxylation is 2. The number of rotatable bonds is 8. The van der Waals surface area contributed by atoms with Crippen LogP contribution in [0.5, 0.6) is 0 Å². The zero-order valence-corrected chi connectivity index (χ0v) is 20.0. The number of amides is 3. The monoisotopic (exact) mass is 449 g/mol. The lowest BCUT2D eigenvalue weighted by Gasteiger charge is -2.30. The molecule has 0 aliphatic rings. The molecule has 0 aliphatic heterocycles. The average molecular weight is 450 g/mol. The SMILES string of the molecule is Cc1ccccc1NC(=O)N(CC(=O)N(Cc1ccccc1)Cc1sccc1C)C(C)C. The number of carbonyl (C=O) groups is 2. The van der Waals surface area contributed by atoms with E-state index < -0.39 is 0 Å². The van der Waals surface area contributed by atoms with E-state index in [1.165, 1.54) is 5.56 Å². The second kappa shape index (κ2) is 11.0. The average Bonchev–Trinajstić information content (AvgIpc) is 3.17. The summed E-state index contributed by atoms with van der Waals surface area (Å²) in [6.07, 6.45) is 0. The van der Waals surface area contributed by atoms with Crippen LogP contribution < -0.4 is 5.32 Å². The van der Waals surface area contributed by atoms with E-state index in [0.717, 1.165) is 21.7 Å². The highest BCUT2D eigenvalue weighted by molar-refractivity contribution is 7.10. The minimum atomic E-state index is -0.269. The Morgan fingerprint density at radius 3 is 2.22 bits per heavy atom. The number of para-hydroxylation sites is 1. The molecular formula is C26H31N3O2S. The summed E-state index contributed by atoms with van der Waals surface area (Å²) in [4.78, 5) is 31.1. The largest absolute Gasteiger partial charge is 0.332 e. The zero-order chi connectivity index (χ0) is 23.1. The zero-order valence-electron chi connectivity index (χ0n) is 19.2. The van der Waals surface area contributed by atoms with Gasteiger partial charge in [-0.25, -0.2) is 4.79 Å². The lowest BCUT2D eigenvalue weighted by atomic mass is 10.2. The van der Waals surface area contributed by atoms with Crippen LogP contribution in [0.1, 0.15) is 35.4 Å². The number of carbonyl (C=O) groups excluding carboxylic acids is 2. The van der Waals surface area contributed by atoms with Gasteiger partial charge in [-0.1, -0.05) is 48.5 Å². The van der Waals surface area contributed by atoms with Gasteiger partial charge in [0.2, 0.25) is 5.91 Å². The second-order valence-corrected chi connectivity index (χ2v) is 9.23. The smallest absolute Gasteiger partial charge is 0.322 e. The van der Waals surface area contributed by atoms with E-state index in [0.29, 0.717) is 13.1 Å². The van der Waals surface area contributed by atoms with Gasteiger partial charge in [-0.2, -0.15) is 0 Å². The Morgan fingerprint density at radius 1 is 0.906 bits per heavy atom. The molecular weight excluding hydrogens is 418 g/mol. The van der Waals surface area contributed by atoms with Gasteiger partial charge in [-0.3, -0.25) is 4.79 Å². The van der Waals surface area contributed by atoms with Crippen molar-refractivity contribution in [2.45, 2.75) is 46.8 Å². The minimum Gasteiger partial charge on any atom is -0.332 e. The van der Waals surface area contributed by atoms with Crippen molar-refractivity contribution in [2.75, 3.05) is 11.9 Å². The predicted molar refractivity (Wildman–Crippen MR) is 132 cm³/mol. The number of thiophene rings is 1. The molecule has 1 aromatic heterocycles. The first-order chi connectivity index (χ1) is 15.3. The minimum absolute atomic E-state index is 0.0205. The van der Waals surface area contributed by atoms with Crippen molar-refractivity contribution in [3.8, 4) is 0 Å². The van der Waals surface area contributed by atoms with Crippen molar-refractivity contribution in [1.82, 2.24) is 9.80 Å². The molecule has 0 saturated heterocycles. The molecule has 0 spiro atoms. The van der Waals surface area contributed by atoms with Crippen molar-refractivity contribution in [3.63, 3.8) is 0 Å². The topological polar surface area (TPSA) is 52.7 Å². The van der Waals surface area contributed by atoms with E-state index in [1.54, 1.807) is 16.2 Å². The lowest BCUT2D eigenvalue weighted by Crippen LogP contribution is -2.47. The summed E-state index contributed by atoms with van der Waals surface area (Å²) >= 11 is 1.65. The maximum absolute atomic E-state index is 13.4. The Hall–Kier alpha value is -3.12. The molecule has 6 heteroatoms. The van der Waals surface area contributed by atoms with Crippen molar-refractivity contribution >= 4 is 29.0 Å². The van der Waals surface area contributed by atoms with Crippen molar-refractivity contribution in [1.29, 1.82) is 0 Å². The van der Waals surface area contributed by atoms with Gasteiger partial charge < -0.3 is 15.1 Å². The van der Waals surface area contributed by atoms with Gasteiger partial charge in [-0.15, -0.1) is 11.3 Å². The molecule has 32 heavy (non-hydrogen) atoms. The van der Waals surface area contributed by atoms with Crippen LogP contribution in [0, 0.1) is 13.8 Å². The van der Waals surface area contributed by atoms with Gasteiger partial charge in [0, 0.05) is 23.2 Å². The fourth-order valence-electron chi connectivity index (χ4n) is 3.41. The normalized spacial score (nSPS) is 10.8. The van der Waals surface area contributed by atoms with E-state index >= 15 is 0 Å². The molecule has 3 aromatic rings. The fraction of sp³-hybridized carbons (Fsp3) is 0.308. The molecule has 168 valence electrons. The molecule has 0 radical (unpaired) electrons. The fourth-order valence-corrected chi connectivity index (χ4v) is 4.33. The van der Waals surface area contributed by atoms with Gasteiger partial charge in [0.1, 0.15) is 6.54 Å². The summed E-state index contributed by atoms with van der Waals surface area (Å²) in [6, 6.07) is 19.3. The highest BCUT2D eigenvalue weighted by Crippen LogP contribution is 2.20. The maximum Gasteiger partial charge on any atom is 0.322 e. The van der Waals surface area contributed by atoms with E-state index in [-0.39, 0.29) is 24.5 Å². The van der Waals surface area contributed by atoms with Crippen LogP contribution in [0.25, 0.3) is 0 Å².